The van der Waals surface area contributed by atoms with Crippen LogP contribution in [-0.4, -0.2) is 51.4 Å². The van der Waals surface area contributed by atoms with Gasteiger partial charge < -0.3 is 20.5 Å². The van der Waals surface area contributed by atoms with Crippen LogP contribution in [0.15, 0.2) is 41.3 Å². The number of hydrogen-bond donors (Lipinski definition) is 2. The first-order valence-electron chi connectivity index (χ1n) is 9.92. The number of rotatable bonds is 7. The van der Waals surface area contributed by atoms with Crippen LogP contribution >= 0.6 is 0 Å². The standard InChI is InChI=1S/C21H24FN3O6S/c1-30-18-8-6-15(12-19(18)32(28,29)25-9-3-2-4-10-25)24-20(26)13-31-21(27)16-7-5-14(22)11-17(16)23/h5-8,11-12H,2-4,9-10,13,23H2,1H3,(H,24,26). The fraction of sp³-hybridized carbons (Fsp3) is 0.333. The highest BCUT2D eigenvalue weighted by Gasteiger charge is 2.29. The minimum Gasteiger partial charge on any atom is -0.495 e. The number of carbonyl (C=O) groups excluding carboxylic acids is 2. The molecule has 0 aliphatic carbocycles. The van der Waals surface area contributed by atoms with Crippen molar-refractivity contribution in [2.45, 2.75) is 24.2 Å². The van der Waals surface area contributed by atoms with Gasteiger partial charge in [-0.2, -0.15) is 4.31 Å². The molecule has 9 nitrogen and oxygen atoms in total. The van der Waals surface area contributed by atoms with E-state index in [0.29, 0.717) is 13.1 Å². The number of halogens is 1. The molecule has 0 bridgehead atoms. The molecule has 0 saturated carbocycles. The van der Waals surface area contributed by atoms with Crippen LogP contribution in [0.4, 0.5) is 15.8 Å². The number of ether oxygens (including phenoxy) is 2. The number of benzene rings is 2. The van der Waals surface area contributed by atoms with Crippen LogP contribution in [0.1, 0.15) is 29.6 Å². The Morgan fingerprint density at radius 2 is 1.84 bits per heavy atom. The lowest BCUT2D eigenvalue weighted by Crippen LogP contribution is -2.35. The zero-order valence-corrected chi connectivity index (χ0v) is 18.3. The van der Waals surface area contributed by atoms with Crippen LogP contribution < -0.4 is 15.8 Å². The Kier molecular flexibility index (Phi) is 7.31. The van der Waals surface area contributed by atoms with E-state index in [-0.39, 0.29) is 27.6 Å². The van der Waals surface area contributed by atoms with Gasteiger partial charge in [-0.05, 0) is 49.2 Å². The molecule has 1 amide bonds. The highest BCUT2D eigenvalue weighted by Crippen LogP contribution is 2.31. The molecule has 0 aromatic heterocycles. The van der Waals surface area contributed by atoms with E-state index in [1.807, 2.05) is 0 Å². The minimum absolute atomic E-state index is 0.0595. The molecule has 32 heavy (non-hydrogen) atoms. The summed E-state index contributed by atoms with van der Waals surface area (Å²) in [4.78, 5) is 24.2. The molecular weight excluding hydrogens is 441 g/mol. The van der Waals surface area contributed by atoms with Gasteiger partial charge in [-0.25, -0.2) is 17.6 Å². The number of sulfonamides is 1. The lowest BCUT2D eigenvalue weighted by atomic mass is 10.2. The molecule has 1 aliphatic rings. The molecule has 1 saturated heterocycles. The Labute approximate surface area is 185 Å². The number of methoxy groups -OCH3 is 1. The molecule has 3 rings (SSSR count). The molecule has 1 aliphatic heterocycles. The van der Waals surface area contributed by atoms with E-state index < -0.39 is 34.3 Å². The van der Waals surface area contributed by atoms with Gasteiger partial charge >= 0.3 is 5.97 Å². The van der Waals surface area contributed by atoms with Gasteiger partial charge in [0.25, 0.3) is 5.91 Å². The first-order chi connectivity index (χ1) is 15.2. The maximum absolute atomic E-state index is 13.1. The number of anilines is 2. The van der Waals surface area contributed by atoms with Crippen molar-refractivity contribution in [1.29, 1.82) is 0 Å². The largest absolute Gasteiger partial charge is 0.495 e. The van der Waals surface area contributed by atoms with Crippen LogP contribution in [0.5, 0.6) is 5.75 Å². The van der Waals surface area contributed by atoms with E-state index in [4.69, 9.17) is 15.2 Å². The van der Waals surface area contributed by atoms with Crippen molar-refractivity contribution in [3.05, 3.63) is 47.8 Å². The molecule has 1 fully saturated rings. The van der Waals surface area contributed by atoms with E-state index in [9.17, 15) is 22.4 Å². The number of hydrogen-bond acceptors (Lipinski definition) is 7. The van der Waals surface area contributed by atoms with Crippen molar-refractivity contribution in [1.82, 2.24) is 4.31 Å². The molecule has 2 aromatic rings. The van der Waals surface area contributed by atoms with Gasteiger partial charge in [0.1, 0.15) is 16.5 Å². The highest BCUT2D eigenvalue weighted by molar-refractivity contribution is 7.89. The second-order valence-electron chi connectivity index (χ2n) is 7.19. The van der Waals surface area contributed by atoms with Crippen molar-refractivity contribution in [3.63, 3.8) is 0 Å². The summed E-state index contributed by atoms with van der Waals surface area (Å²) in [5.74, 6) is -2.02. The fourth-order valence-corrected chi connectivity index (χ4v) is 5.02. The van der Waals surface area contributed by atoms with Crippen molar-refractivity contribution >= 4 is 33.3 Å². The average molecular weight is 466 g/mol. The Bertz CT molecular complexity index is 1120. The Morgan fingerprint density at radius 3 is 2.50 bits per heavy atom. The molecule has 0 atom stereocenters. The molecule has 11 heteroatoms. The number of nitrogen functional groups attached to an aromatic ring is 1. The van der Waals surface area contributed by atoms with Gasteiger partial charge in [-0.3, -0.25) is 4.79 Å². The predicted octanol–water partition coefficient (Wildman–Crippen LogP) is 2.39. The Morgan fingerprint density at radius 1 is 1.12 bits per heavy atom. The Hall–Kier alpha value is -3.18. The maximum atomic E-state index is 13.1. The van der Waals surface area contributed by atoms with Gasteiger partial charge in [-0.1, -0.05) is 6.42 Å². The summed E-state index contributed by atoms with van der Waals surface area (Å²) in [5, 5.41) is 2.49. The minimum atomic E-state index is -3.81. The van der Waals surface area contributed by atoms with Crippen LogP contribution in [0.3, 0.4) is 0 Å². The number of carbonyl (C=O) groups is 2. The number of amides is 1. The van der Waals surface area contributed by atoms with Crippen LogP contribution in [0, 0.1) is 5.82 Å². The van der Waals surface area contributed by atoms with Crippen LogP contribution in [0.2, 0.25) is 0 Å². The van der Waals surface area contributed by atoms with Gasteiger partial charge in [0.15, 0.2) is 6.61 Å². The SMILES string of the molecule is COc1ccc(NC(=O)COC(=O)c2ccc(F)cc2N)cc1S(=O)(=O)N1CCCCC1. The van der Waals surface area contributed by atoms with Crippen molar-refractivity contribution in [2.24, 2.45) is 0 Å². The summed E-state index contributed by atoms with van der Waals surface area (Å²) in [7, 11) is -2.44. The number of esters is 1. The predicted molar refractivity (Wildman–Crippen MR) is 115 cm³/mol. The third kappa shape index (κ3) is 5.35. The summed E-state index contributed by atoms with van der Waals surface area (Å²) < 4.78 is 50.7. The zero-order chi connectivity index (χ0) is 23.3. The summed E-state index contributed by atoms with van der Waals surface area (Å²) >= 11 is 0. The third-order valence-corrected chi connectivity index (χ3v) is 6.87. The number of nitrogens with zero attached hydrogens (tertiary/aromatic N) is 1. The van der Waals surface area contributed by atoms with E-state index in [0.717, 1.165) is 37.5 Å². The summed E-state index contributed by atoms with van der Waals surface area (Å²) in [6, 6.07) is 7.41. The van der Waals surface area contributed by atoms with E-state index in [1.165, 1.54) is 29.6 Å². The highest BCUT2D eigenvalue weighted by atomic mass is 32.2. The smallest absolute Gasteiger partial charge is 0.340 e. The van der Waals surface area contributed by atoms with Crippen molar-refractivity contribution in [2.75, 3.05) is 37.9 Å². The normalized spacial score (nSPS) is 14.6. The summed E-state index contributed by atoms with van der Waals surface area (Å²) in [6.07, 6.45) is 2.53. The van der Waals surface area contributed by atoms with E-state index >= 15 is 0 Å². The number of nitrogens with one attached hydrogen (secondary N) is 1. The van der Waals surface area contributed by atoms with Gasteiger partial charge in [0, 0.05) is 24.5 Å². The number of piperidine rings is 1. The molecule has 0 unspecified atom stereocenters. The molecule has 172 valence electrons. The van der Waals surface area contributed by atoms with Gasteiger partial charge in [-0.15, -0.1) is 0 Å². The average Bonchev–Trinajstić information content (AvgIpc) is 2.78. The van der Waals surface area contributed by atoms with Crippen LogP contribution in [0.25, 0.3) is 0 Å². The van der Waals surface area contributed by atoms with E-state index in [2.05, 4.69) is 5.32 Å². The van der Waals surface area contributed by atoms with Crippen molar-refractivity contribution < 1.29 is 31.9 Å². The summed E-state index contributed by atoms with van der Waals surface area (Å²) in [6.45, 7) is 0.199. The van der Waals surface area contributed by atoms with Gasteiger partial charge in [0.2, 0.25) is 10.0 Å². The second-order valence-corrected chi connectivity index (χ2v) is 9.09. The molecule has 0 radical (unpaired) electrons. The molecule has 1 heterocycles. The quantitative estimate of drug-likeness (QED) is 0.475. The first kappa shape index (κ1) is 23.5. The topological polar surface area (TPSA) is 128 Å². The lowest BCUT2D eigenvalue weighted by molar-refractivity contribution is -0.119. The monoisotopic (exact) mass is 465 g/mol. The summed E-state index contributed by atoms with van der Waals surface area (Å²) in [5.41, 5.74) is 5.60. The molecular formula is C21H24FN3O6S. The fourth-order valence-electron chi connectivity index (χ4n) is 3.33. The zero-order valence-electron chi connectivity index (χ0n) is 17.5. The van der Waals surface area contributed by atoms with Crippen molar-refractivity contribution in [3.8, 4) is 5.75 Å². The maximum Gasteiger partial charge on any atom is 0.340 e. The number of nitrogens with two attached hydrogens (primary N) is 1. The molecule has 0 spiro atoms. The van der Waals surface area contributed by atoms with Gasteiger partial charge in [0.05, 0.1) is 12.7 Å². The first-order valence-corrected chi connectivity index (χ1v) is 11.4. The third-order valence-electron chi connectivity index (χ3n) is 4.95. The van der Waals surface area contributed by atoms with Crippen LogP contribution in [-0.2, 0) is 19.6 Å². The Balaban J connectivity index is 1.70. The second kappa shape index (κ2) is 9.96. The lowest BCUT2D eigenvalue weighted by Gasteiger charge is -2.26. The molecule has 3 N–H and O–H groups in total. The molecule has 2 aromatic carbocycles. The van der Waals surface area contributed by atoms with E-state index in [1.54, 1.807) is 0 Å².